The van der Waals surface area contributed by atoms with E-state index in [0.717, 1.165) is 13.1 Å². The zero-order valence-corrected chi connectivity index (χ0v) is 9.92. The Hall–Kier alpha value is 1.41. The smallest absolute Gasteiger partial charge is 0 e. The van der Waals surface area contributed by atoms with Crippen molar-refractivity contribution in [2.45, 2.75) is 13.3 Å². The minimum Gasteiger partial charge on any atom is -0.662 e. The van der Waals surface area contributed by atoms with Crippen LogP contribution in [0, 0.1) is 0 Å². The van der Waals surface area contributed by atoms with Crippen LogP contribution >= 0.6 is 11.8 Å². The monoisotopic (exact) mass is 221 g/mol. The van der Waals surface area contributed by atoms with E-state index in [2.05, 4.69) is 18.5 Å². The minimum absolute atomic E-state index is 0. The Bertz CT molecular complexity index is 38.0. The summed E-state index contributed by atoms with van der Waals surface area (Å²) < 4.78 is 0. The molecule has 0 amide bonds. The fraction of sp³-hybridized carbons (Fsp3) is 1.00. The first-order valence-corrected chi connectivity index (χ1v) is 4.43. The summed E-state index contributed by atoms with van der Waals surface area (Å²) in [6, 6.07) is 0. The predicted molar refractivity (Wildman–Crippen MR) is 41.8 cm³/mol. The van der Waals surface area contributed by atoms with Crippen molar-refractivity contribution >= 4 is 11.8 Å². The van der Waals surface area contributed by atoms with E-state index in [1.54, 1.807) is 0 Å². The van der Waals surface area contributed by atoms with E-state index in [0.29, 0.717) is 0 Å². The first-order valence-electron chi connectivity index (χ1n) is 3.04. The molecule has 0 rings (SSSR count). The second kappa shape index (κ2) is 12.1. The van der Waals surface area contributed by atoms with E-state index in [1.807, 2.05) is 11.8 Å². The number of nitrogens with zero attached hydrogens (tertiary/aromatic N) is 1. The van der Waals surface area contributed by atoms with Gasteiger partial charge in [-0.3, -0.25) is 0 Å². The zero-order chi connectivity index (χ0) is 6.24. The molecule has 0 aliphatic carbocycles. The molecule has 0 atom stereocenters. The summed E-state index contributed by atoms with van der Waals surface area (Å²) in [4.78, 5) is 0. The third-order valence-corrected chi connectivity index (χ3v) is 1.43. The minimum atomic E-state index is 0. The van der Waals surface area contributed by atoms with Crippen LogP contribution in [0.15, 0.2) is 0 Å². The third-order valence-electron chi connectivity index (χ3n) is 0.835. The SMILES string of the molecule is CCC[N-]CCSC.[Y]. The van der Waals surface area contributed by atoms with Crippen molar-refractivity contribution in [3.8, 4) is 0 Å². The van der Waals surface area contributed by atoms with Gasteiger partial charge >= 0.3 is 0 Å². The Morgan fingerprint density at radius 3 is 2.44 bits per heavy atom. The maximum absolute atomic E-state index is 4.26. The first kappa shape index (κ1) is 13.0. The quantitative estimate of drug-likeness (QED) is 0.648. The number of hydrogen-bond donors (Lipinski definition) is 0. The molecule has 53 valence electrons. The predicted octanol–water partition coefficient (Wildman–Crippen LogP) is 2.13. The van der Waals surface area contributed by atoms with Crippen LogP contribution in [-0.4, -0.2) is 25.1 Å². The second-order valence-electron chi connectivity index (χ2n) is 1.66. The van der Waals surface area contributed by atoms with E-state index in [1.165, 1.54) is 12.2 Å². The standard InChI is InChI=1S/C6H14NS.Y/c1-3-4-7-5-6-8-2;/h3-6H2,1-2H3;/q-1;. The maximum atomic E-state index is 4.26. The summed E-state index contributed by atoms with van der Waals surface area (Å²) in [5.41, 5.74) is 0. The number of thioether (sulfide) groups is 1. The van der Waals surface area contributed by atoms with E-state index >= 15 is 0 Å². The zero-order valence-electron chi connectivity index (χ0n) is 6.26. The van der Waals surface area contributed by atoms with E-state index in [4.69, 9.17) is 0 Å². The van der Waals surface area contributed by atoms with Gasteiger partial charge in [-0.25, -0.2) is 0 Å². The normalized spacial score (nSPS) is 8.67. The molecular formula is C6H14NSY-. The van der Waals surface area contributed by atoms with Crippen LogP contribution < -0.4 is 0 Å². The topological polar surface area (TPSA) is 14.1 Å². The van der Waals surface area contributed by atoms with Crippen molar-refractivity contribution < 1.29 is 32.7 Å². The summed E-state index contributed by atoms with van der Waals surface area (Å²) in [7, 11) is 0. The molecular weight excluding hydrogens is 207 g/mol. The molecule has 1 nitrogen and oxygen atoms in total. The largest absolute Gasteiger partial charge is 0.662 e. The second-order valence-corrected chi connectivity index (χ2v) is 2.65. The van der Waals surface area contributed by atoms with E-state index < -0.39 is 0 Å². The molecule has 0 heterocycles. The van der Waals surface area contributed by atoms with Crippen molar-refractivity contribution in [3.05, 3.63) is 5.32 Å². The van der Waals surface area contributed by atoms with Gasteiger partial charge in [-0.1, -0.05) is 13.3 Å². The molecule has 0 aliphatic rings. The molecule has 0 spiro atoms. The van der Waals surface area contributed by atoms with Gasteiger partial charge in [0, 0.05) is 32.7 Å². The molecule has 0 saturated carbocycles. The molecule has 0 aromatic rings. The van der Waals surface area contributed by atoms with Gasteiger partial charge in [-0.15, -0.1) is 13.1 Å². The van der Waals surface area contributed by atoms with Crippen LogP contribution in [0.4, 0.5) is 0 Å². The molecule has 0 bridgehead atoms. The number of rotatable bonds is 5. The Kier molecular flexibility index (Phi) is 17.6. The van der Waals surface area contributed by atoms with Crippen molar-refractivity contribution in [1.82, 2.24) is 0 Å². The van der Waals surface area contributed by atoms with Crippen molar-refractivity contribution in [2.75, 3.05) is 25.1 Å². The van der Waals surface area contributed by atoms with Crippen LogP contribution in [0.1, 0.15) is 13.3 Å². The molecule has 9 heavy (non-hydrogen) atoms. The van der Waals surface area contributed by atoms with E-state index in [-0.39, 0.29) is 32.7 Å². The summed E-state index contributed by atoms with van der Waals surface area (Å²) in [5, 5.41) is 4.26. The fourth-order valence-corrected chi connectivity index (χ4v) is 0.737. The third kappa shape index (κ3) is 12.6. The Morgan fingerprint density at radius 1 is 1.33 bits per heavy atom. The van der Waals surface area contributed by atoms with Gasteiger partial charge in [0.05, 0.1) is 0 Å². The summed E-state index contributed by atoms with van der Waals surface area (Å²) in [5.74, 6) is 1.18. The molecule has 0 aliphatic heterocycles. The summed E-state index contributed by atoms with van der Waals surface area (Å²) in [6.45, 7) is 4.23. The van der Waals surface area contributed by atoms with Gasteiger partial charge in [0.15, 0.2) is 0 Å². The van der Waals surface area contributed by atoms with Crippen LogP contribution in [0.3, 0.4) is 0 Å². The molecule has 0 unspecified atom stereocenters. The van der Waals surface area contributed by atoms with Crippen LogP contribution in [0.5, 0.6) is 0 Å². The molecule has 3 heteroatoms. The van der Waals surface area contributed by atoms with Gasteiger partial charge in [-0.05, 0) is 12.0 Å². The van der Waals surface area contributed by atoms with Crippen molar-refractivity contribution in [3.63, 3.8) is 0 Å². The van der Waals surface area contributed by atoms with E-state index in [9.17, 15) is 0 Å². The van der Waals surface area contributed by atoms with Crippen LogP contribution in [0.25, 0.3) is 5.32 Å². The summed E-state index contributed by atoms with van der Waals surface area (Å²) >= 11 is 1.86. The van der Waals surface area contributed by atoms with Crippen LogP contribution in [0.2, 0.25) is 0 Å². The molecule has 1 radical (unpaired) electrons. The molecule has 0 fully saturated rings. The molecule has 0 N–H and O–H groups in total. The average Bonchev–Trinajstić information content (AvgIpc) is 1.81. The Balaban J connectivity index is 0. The van der Waals surface area contributed by atoms with Gasteiger partial charge in [0.2, 0.25) is 0 Å². The Morgan fingerprint density at radius 2 is 2.00 bits per heavy atom. The first-order chi connectivity index (χ1) is 3.91. The van der Waals surface area contributed by atoms with Crippen molar-refractivity contribution in [1.29, 1.82) is 0 Å². The van der Waals surface area contributed by atoms with Gasteiger partial charge in [0.1, 0.15) is 0 Å². The fourth-order valence-electron chi connectivity index (χ4n) is 0.426. The number of hydrogen-bond acceptors (Lipinski definition) is 1. The molecule has 0 saturated heterocycles. The molecule has 0 aromatic carbocycles. The van der Waals surface area contributed by atoms with Gasteiger partial charge < -0.3 is 5.32 Å². The van der Waals surface area contributed by atoms with Gasteiger partial charge in [0.25, 0.3) is 0 Å². The molecule has 0 aromatic heterocycles. The maximum Gasteiger partial charge on any atom is 0 e. The average molecular weight is 221 g/mol. The van der Waals surface area contributed by atoms with Crippen LogP contribution in [-0.2, 0) is 32.7 Å². The van der Waals surface area contributed by atoms with Crippen molar-refractivity contribution in [2.24, 2.45) is 0 Å². The summed E-state index contributed by atoms with van der Waals surface area (Å²) in [6.07, 6.45) is 3.30. The Labute approximate surface area is 87.6 Å². The van der Waals surface area contributed by atoms with Gasteiger partial charge in [-0.2, -0.15) is 11.8 Å².